The zero-order valence-corrected chi connectivity index (χ0v) is 19.3. The minimum Gasteiger partial charge on any atom is -0.489 e. The number of aromatic nitrogens is 2. The van der Waals surface area contributed by atoms with Crippen molar-refractivity contribution in [3.63, 3.8) is 0 Å². The van der Waals surface area contributed by atoms with Gasteiger partial charge >= 0.3 is 6.03 Å². The smallest absolute Gasteiger partial charge is 0.314 e. The van der Waals surface area contributed by atoms with Gasteiger partial charge < -0.3 is 21.1 Å². The largest absolute Gasteiger partial charge is 0.489 e. The number of amides is 2. The maximum atomic E-state index is 12.1. The van der Waals surface area contributed by atoms with E-state index in [1.54, 1.807) is 4.68 Å². The molecule has 0 aliphatic carbocycles. The lowest BCUT2D eigenvalue weighted by Gasteiger charge is -2.17. The number of nitrogen functional groups attached to an aromatic ring is 1. The van der Waals surface area contributed by atoms with E-state index in [2.05, 4.69) is 21.8 Å². The number of carbonyl (C=O) groups excluding carboxylic acids is 1. The number of nitrogens with zero attached hydrogens (tertiary/aromatic N) is 3. The van der Waals surface area contributed by atoms with Crippen LogP contribution in [0.4, 0.5) is 10.6 Å². The van der Waals surface area contributed by atoms with Crippen molar-refractivity contribution in [2.75, 3.05) is 18.8 Å². The van der Waals surface area contributed by atoms with Gasteiger partial charge in [-0.05, 0) is 57.4 Å². The standard InChI is InChI=1S/C25H30N6O2/c1-17-10-12-20(13-11-17)31-24(27)21(15-26)22(30-31)8-6-14-28-25(32)29-16-19(3)33-23-9-5-4-7-18(23)2/h4-5,7,9-13,19H,6,8,14,16,27H2,1-3H3,(H2,28,29,32). The number of carbonyl (C=O) groups is 1. The Morgan fingerprint density at radius 2 is 1.91 bits per heavy atom. The third-order valence-electron chi connectivity index (χ3n) is 5.23. The normalized spacial score (nSPS) is 11.5. The first kappa shape index (κ1) is 23.7. The molecule has 0 fully saturated rings. The lowest BCUT2D eigenvalue weighted by molar-refractivity contribution is 0.207. The Hall–Kier alpha value is -3.99. The molecule has 2 amide bonds. The summed E-state index contributed by atoms with van der Waals surface area (Å²) >= 11 is 0. The number of anilines is 1. The van der Waals surface area contributed by atoms with Gasteiger partial charge in [0, 0.05) is 6.54 Å². The van der Waals surface area contributed by atoms with E-state index in [1.165, 1.54) is 0 Å². The molecule has 172 valence electrons. The average Bonchev–Trinajstić information content (AvgIpc) is 3.12. The summed E-state index contributed by atoms with van der Waals surface area (Å²) in [6.07, 6.45) is 0.990. The molecule has 4 N–H and O–H groups in total. The third kappa shape index (κ3) is 6.26. The van der Waals surface area contributed by atoms with E-state index < -0.39 is 0 Å². The predicted octanol–water partition coefficient (Wildman–Crippen LogP) is 3.64. The quantitative estimate of drug-likeness (QED) is 0.434. The monoisotopic (exact) mass is 446 g/mol. The topological polar surface area (TPSA) is 118 Å². The molecule has 1 unspecified atom stereocenters. The zero-order chi connectivity index (χ0) is 23.8. The number of nitriles is 1. The van der Waals surface area contributed by atoms with E-state index in [0.29, 0.717) is 43.0 Å². The SMILES string of the molecule is Cc1ccc(-n2nc(CCCNC(=O)NCC(C)Oc3ccccc3C)c(C#N)c2N)cc1. The van der Waals surface area contributed by atoms with Crippen LogP contribution in [0.2, 0.25) is 0 Å². The summed E-state index contributed by atoms with van der Waals surface area (Å²) in [6, 6.07) is 17.4. The lowest BCUT2D eigenvalue weighted by atomic mass is 10.1. The van der Waals surface area contributed by atoms with Crippen molar-refractivity contribution in [1.82, 2.24) is 20.4 Å². The molecule has 8 nitrogen and oxygen atoms in total. The number of hydrogen-bond donors (Lipinski definition) is 3. The molecular formula is C25H30N6O2. The Labute approximate surface area is 194 Å². The fourth-order valence-corrected chi connectivity index (χ4v) is 3.36. The van der Waals surface area contributed by atoms with Crippen LogP contribution in [0, 0.1) is 25.2 Å². The molecule has 0 spiro atoms. The summed E-state index contributed by atoms with van der Waals surface area (Å²) in [6.45, 7) is 6.73. The summed E-state index contributed by atoms with van der Waals surface area (Å²) in [7, 11) is 0. The van der Waals surface area contributed by atoms with E-state index in [-0.39, 0.29) is 12.1 Å². The third-order valence-corrected chi connectivity index (χ3v) is 5.23. The Bertz CT molecular complexity index is 1130. The minimum atomic E-state index is -0.263. The average molecular weight is 447 g/mol. The Morgan fingerprint density at radius 1 is 1.18 bits per heavy atom. The van der Waals surface area contributed by atoms with Crippen molar-refractivity contribution >= 4 is 11.8 Å². The molecule has 0 aliphatic rings. The number of para-hydroxylation sites is 1. The van der Waals surface area contributed by atoms with Crippen LogP contribution in [0.25, 0.3) is 5.69 Å². The van der Waals surface area contributed by atoms with Crippen molar-refractivity contribution in [2.24, 2.45) is 0 Å². The number of hydrogen-bond acceptors (Lipinski definition) is 5. The van der Waals surface area contributed by atoms with Crippen LogP contribution in [0.3, 0.4) is 0 Å². The summed E-state index contributed by atoms with van der Waals surface area (Å²) in [5.41, 5.74) is 10.1. The summed E-state index contributed by atoms with van der Waals surface area (Å²) in [5.74, 6) is 1.13. The fourth-order valence-electron chi connectivity index (χ4n) is 3.36. The maximum absolute atomic E-state index is 12.1. The highest BCUT2D eigenvalue weighted by Crippen LogP contribution is 2.22. The van der Waals surface area contributed by atoms with Crippen molar-refractivity contribution in [1.29, 1.82) is 5.26 Å². The van der Waals surface area contributed by atoms with E-state index in [9.17, 15) is 10.1 Å². The molecule has 0 saturated heterocycles. The van der Waals surface area contributed by atoms with Gasteiger partial charge in [-0.3, -0.25) is 0 Å². The lowest BCUT2D eigenvalue weighted by Crippen LogP contribution is -2.40. The molecule has 1 aromatic heterocycles. The molecule has 0 radical (unpaired) electrons. The first-order valence-electron chi connectivity index (χ1n) is 11.0. The predicted molar refractivity (Wildman–Crippen MR) is 128 cm³/mol. The summed E-state index contributed by atoms with van der Waals surface area (Å²) < 4.78 is 7.45. The number of urea groups is 1. The molecule has 0 aliphatic heterocycles. The first-order chi connectivity index (χ1) is 15.9. The molecule has 8 heteroatoms. The van der Waals surface area contributed by atoms with E-state index in [1.807, 2.05) is 69.3 Å². The van der Waals surface area contributed by atoms with Crippen molar-refractivity contribution < 1.29 is 9.53 Å². The number of benzene rings is 2. The molecule has 3 rings (SSSR count). The molecule has 33 heavy (non-hydrogen) atoms. The van der Waals surface area contributed by atoms with Crippen LogP contribution in [-0.2, 0) is 6.42 Å². The number of nitrogens with one attached hydrogen (secondary N) is 2. The number of nitrogens with two attached hydrogens (primary N) is 1. The van der Waals surface area contributed by atoms with Crippen LogP contribution in [0.1, 0.15) is 35.7 Å². The molecule has 0 bridgehead atoms. The number of aryl methyl sites for hydroxylation is 3. The number of ether oxygens (including phenoxy) is 1. The highest BCUT2D eigenvalue weighted by Gasteiger charge is 2.16. The maximum Gasteiger partial charge on any atom is 0.314 e. The highest BCUT2D eigenvalue weighted by molar-refractivity contribution is 5.73. The van der Waals surface area contributed by atoms with Crippen LogP contribution >= 0.6 is 0 Å². The Morgan fingerprint density at radius 3 is 2.61 bits per heavy atom. The molecule has 1 atom stereocenters. The zero-order valence-electron chi connectivity index (χ0n) is 19.3. The van der Waals surface area contributed by atoms with E-state index in [4.69, 9.17) is 10.5 Å². The molecule has 3 aromatic rings. The second-order valence-electron chi connectivity index (χ2n) is 8.00. The number of rotatable bonds is 9. The first-order valence-corrected chi connectivity index (χ1v) is 11.0. The van der Waals surface area contributed by atoms with Crippen LogP contribution in [0.5, 0.6) is 5.75 Å². The van der Waals surface area contributed by atoms with E-state index in [0.717, 1.165) is 22.6 Å². The van der Waals surface area contributed by atoms with Gasteiger partial charge in [0.1, 0.15) is 29.3 Å². The Balaban J connectivity index is 1.45. The second-order valence-corrected chi connectivity index (χ2v) is 8.00. The summed E-state index contributed by atoms with van der Waals surface area (Å²) in [4.78, 5) is 12.1. The van der Waals surface area contributed by atoms with Crippen LogP contribution in [0.15, 0.2) is 48.5 Å². The van der Waals surface area contributed by atoms with Gasteiger partial charge in [-0.15, -0.1) is 0 Å². The molecule has 1 heterocycles. The van der Waals surface area contributed by atoms with Crippen LogP contribution in [-0.4, -0.2) is 35.0 Å². The van der Waals surface area contributed by atoms with E-state index >= 15 is 0 Å². The molecular weight excluding hydrogens is 416 g/mol. The van der Waals surface area contributed by atoms with Gasteiger partial charge in [-0.25, -0.2) is 9.48 Å². The van der Waals surface area contributed by atoms with Crippen LogP contribution < -0.4 is 21.1 Å². The van der Waals surface area contributed by atoms with Crippen molar-refractivity contribution in [2.45, 2.75) is 39.7 Å². The second kappa shape index (κ2) is 11.0. The summed E-state index contributed by atoms with van der Waals surface area (Å²) in [5, 5.41) is 19.7. The van der Waals surface area contributed by atoms with Crippen molar-refractivity contribution in [3.8, 4) is 17.5 Å². The van der Waals surface area contributed by atoms with Gasteiger partial charge in [0.2, 0.25) is 0 Å². The van der Waals surface area contributed by atoms with Crippen molar-refractivity contribution in [3.05, 3.63) is 70.9 Å². The molecule has 0 saturated carbocycles. The highest BCUT2D eigenvalue weighted by atomic mass is 16.5. The van der Waals surface area contributed by atoms with Gasteiger partial charge in [-0.2, -0.15) is 10.4 Å². The van der Waals surface area contributed by atoms with Gasteiger partial charge in [-0.1, -0.05) is 35.9 Å². The van der Waals surface area contributed by atoms with Gasteiger partial charge in [0.25, 0.3) is 0 Å². The molecule has 2 aromatic carbocycles. The van der Waals surface area contributed by atoms with Gasteiger partial charge in [0.05, 0.1) is 17.9 Å². The minimum absolute atomic E-state index is 0.163. The Kier molecular flexibility index (Phi) is 7.92. The van der Waals surface area contributed by atoms with Gasteiger partial charge in [0.15, 0.2) is 0 Å². The fraction of sp³-hybridized carbons (Fsp3) is 0.320.